The fraction of sp³-hybridized carbons (Fsp3) is 0.333. The van der Waals surface area contributed by atoms with Crippen molar-refractivity contribution in [1.29, 1.82) is 0 Å². The first-order valence-electron chi connectivity index (χ1n) is 14.4. The summed E-state index contributed by atoms with van der Waals surface area (Å²) in [6.45, 7) is 4.38. The Balaban J connectivity index is 1.26. The lowest BCUT2D eigenvalue weighted by atomic mass is 9.90. The Hall–Kier alpha value is -3.75. The Labute approximate surface area is 241 Å². The molecule has 212 valence electrons. The zero-order valence-electron chi connectivity index (χ0n) is 23.3. The average molecular weight is 570 g/mol. The first-order valence-corrected chi connectivity index (χ1v) is 15.9. The largest absolute Gasteiger partial charge is 0.347 e. The maximum Gasteiger partial charge on any atom is 0.259 e. The molecular formula is C33H35N3O4S. The lowest BCUT2D eigenvalue weighted by Crippen LogP contribution is -2.41. The maximum atomic E-state index is 13.7. The Morgan fingerprint density at radius 2 is 1.61 bits per heavy atom. The highest BCUT2D eigenvalue weighted by atomic mass is 32.2. The summed E-state index contributed by atoms with van der Waals surface area (Å²) in [6, 6.07) is 23.0. The minimum absolute atomic E-state index is 0.0791. The van der Waals surface area contributed by atoms with Crippen LogP contribution in [0.2, 0.25) is 0 Å². The highest BCUT2D eigenvalue weighted by Crippen LogP contribution is 2.27. The molecule has 0 spiro atoms. The van der Waals surface area contributed by atoms with E-state index >= 15 is 0 Å². The Morgan fingerprint density at radius 3 is 2.34 bits per heavy atom. The molecule has 0 unspecified atom stereocenters. The quantitative estimate of drug-likeness (QED) is 0.332. The third-order valence-corrected chi connectivity index (χ3v) is 10.5. The van der Waals surface area contributed by atoms with Crippen LogP contribution in [-0.4, -0.2) is 47.7 Å². The number of benzene rings is 3. The fourth-order valence-corrected chi connectivity index (χ4v) is 7.68. The van der Waals surface area contributed by atoms with E-state index in [0.29, 0.717) is 50.6 Å². The smallest absolute Gasteiger partial charge is 0.259 e. The number of pyridine rings is 1. The normalized spacial score (nSPS) is 16.6. The predicted octanol–water partition coefficient (Wildman–Crippen LogP) is 4.86. The molecule has 1 amide bonds. The van der Waals surface area contributed by atoms with Crippen LogP contribution in [0.1, 0.15) is 46.8 Å². The average Bonchev–Trinajstić information content (AvgIpc) is 3.01. The van der Waals surface area contributed by atoms with Crippen molar-refractivity contribution in [3.05, 3.63) is 111 Å². The van der Waals surface area contributed by atoms with E-state index in [-0.39, 0.29) is 21.8 Å². The molecule has 0 radical (unpaired) electrons. The molecule has 2 aliphatic rings. The van der Waals surface area contributed by atoms with Gasteiger partial charge in [0.2, 0.25) is 15.5 Å². The van der Waals surface area contributed by atoms with Crippen LogP contribution >= 0.6 is 0 Å². The second-order valence-corrected chi connectivity index (χ2v) is 13.1. The van der Waals surface area contributed by atoms with Gasteiger partial charge < -0.3 is 9.47 Å². The molecule has 2 aliphatic heterocycles. The van der Waals surface area contributed by atoms with Gasteiger partial charge in [-0.2, -0.15) is 4.31 Å². The zero-order chi connectivity index (χ0) is 28.6. The van der Waals surface area contributed by atoms with Crippen LogP contribution in [-0.2, 0) is 36.0 Å². The Bertz CT molecular complexity index is 1760. The van der Waals surface area contributed by atoms with Crippen LogP contribution in [0.3, 0.4) is 0 Å². The minimum atomic E-state index is -3.83. The molecule has 0 saturated carbocycles. The number of hydrogen-bond acceptors (Lipinski definition) is 4. The number of sulfonamides is 1. The number of likely N-dealkylation sites (tertiary alicyclic amines) is 1. The summed E-state index contributed by atoms with van der Waals surface area (Å²) in [7, 11) is -3.83. The van der Waals surface area contributed by atoms with Crippen LogP contribution in [0.5, 0.6) is 0 Å². The molecule has 1 saturated heterocycles. The number of carbonyl (C=O) groups is 1. The van der Waals surface area contributed by atoms with Crippen LogP contribution in [0.15, 0.2) is 88.7 Å². The van der Waals surface area contributed by atoms with Gasteiger partial charge in [-0.15, -0.1) is 0 Å². The van der Waals surface area contributed by atoms with Gasteiger partial charge in [0.15, 0.2) is 0 Å². The fourth-order valence-electron chi connectivity index (χ4n) is 6.23. The number of piperidine rings is 1. The van der Waals surface area contributed by atoms with Gasteiger partial charge >= 0.3 is 0 Å². The Morgan fingerprint density at radius 1 is 0.902 bits per heavy atom. The summed E-state index contributed by atoms with van der Waals surface area (Å²) in [5.74, 6) is 0.220. The number of fused-ring (bicyclic) bond motifs is 2. The van der Waals surface area contributed by atoms with Gasteiger partial charge in [-0.25, -0.2) is 8.42 Å². The molecule has 1 fully saturated rings. The highest BCUT2D eigenvalue weighted by Gasteiger charge is 2.30. The number of amides is 1. The first kappa shape index (κ1) is 27.4. The van der Waals surface area contributed by atoms with Crippen molar-refractivity contribution in [3.8, 4) is 0 Å². The molecule has 6 rings (SSSR count). The third kappa shape index (κ3) is 5.34. The van der Waals surface area contributed by atoms with Crippen molar-refractivity contribution in [2.45, 2.75) is 50.6 Å². The van der Waals surface area contributed by atoms with Gasteiger partial charge in [0.1, 0.15) is 5.56 Å². The molecule has 8 heteroatoms. The van der Waals surface area contributed by atoms with Gasteiger partial charge in [-0.1, -0.05) is 54.6 Å². The van der Waals surface area contributed by atoms with E-state index in [2.05, 4.69) is 24.3 Å². The van der Waals surface area contributed by atoms with E-state index in [1.807, 2.05) is 41.8 Å². The lowest BCUT2D eigenvalue weighted by Gasteiger charge is -2.32. The van der Waals surface area contributed by atoms with Crippen LogP contribution < -0.4 is 5.43 Å². The molecule has 0 bridgehead atoms. The second-order valence-electron chi connectivity index (χ2n) is 11.1. The Kier molecular flexibility index (Phi) is 7.53. The zero-order valence-corrected chi connectivity index (χ0v) is 24.1. The van der Waals surface area contributed by atoms with E-state index in [0.717, 1.165) is 30.4 Å². The molecule has 3 aromatic carbocycles. The molecule has 0 N–H and O–H groups in total. The van der Waals surface area contributed by atoms with Crippen molar-refractivity contribution in [1.82, 2.24) is 13.8 Å². The van der Waals surface area contributed by atoms with Crippen LogP contribution in [0, 0.1) is 5.92 Å². The van der Waals surface area contributed by atoms with Crippen LogP contribution in [0.4, 0.5) is 0 Å². The molecular weight excluding hydrogens is 534 g/mol. The monoisotopic (exact) mass is 569 g/mol. The number of aryl methyl sites for hydroxylation is 1. The summed E-state index contributed by atoms with van der Waals surface area (Å²) < 4.78 is 30.7. The topological polar surface area (TPSA) is 79.7 Å². The van der Waals surface area contributed by atoms with E-state index in [4.69, 9.17) is 0 Å². The molecule has 1 aromatic heterocycles. The molecule has 0 aliphatic carbocycles. The standard InChI is InChI=1S/C33H35N3O4S/c1-2-34-23-30(33(38)35-17-14-25(15-18-35)20-24-8-4-3-5-9-24)32(37)29-21-28(12-13-31(29)34)41(39,40)36-19-16-26-10-6-7-11-27(26)22-36/h3-13,21,23,25H,2,14-20,22H2,1H3. The highest BCUT2D eigenvalue weighted by molar-refractivity contribution is 7.89. The lowest BCUT2D eigenvalue weighted by molar-refractivity contribution is 0.0688. The summed E-state index contributed by atoms with van der Waals surface area (Å²) >= 11 is 0. The molecule has 4 aromatic rings. The van der Waals surface area contributed by atoms with Gasteiger partial charge in [-0.05, 0) is 73.4 Å². The number of nitrogens with zero attached hydrogens (tertiary/aromatic N) is 3. The van der Waals surface area contributed by atoms with Gasteiger partial charge in [0.25, 0.3) is 5.91 Å². The van der Waals surface area contributed by atoms with Crippen molar-refractivity contribution >= 4 is 26.8 Å². The minimum Gasteiger partial charge on any atom is -0.347 e. The van der Waals surface area contributed by atoms with Crippen molar-refractivity contribution < 1.29 is 13.2 Å². The summed E-state index contributed by atoms with van der Waals surface area (Å²) in [5, 5.41) is 0.259. The molecule has 3 heterocycles. The van der Waals surface area contributed by atoms with Crippen molar-refractivity contribution in [2.75, 3.05) is 19.6 Å². The third-order valence-electron chi connectivity index (χ3n) is 8.63. The molecule has 0 atom stereocenters. The summed E-state index contributed by atoms with van der Waals surface area (Å²) in [5.41, 5.74) is 3.77. The van der Waals surface area contributed by atoms with E-state index in [1.165, 1.54) is 15.9 Å². The van der Waals surface area contributed by atoms with Crippen molar-refractivity contribution in [2.24, 2.45) is 5.92 Å². The molecule has 41 heavy (non-hydrogen) atoms. The van der Waals surface area contributed by atoms with E-state index in [9.17, 15) is 18.0 Å². The summed E-state index contributed by atoms with van der Waals surface area (Å²) in [4.78, 5) is 29.2. The molecule has 7 nitrogen and oxygen atoms in total. The van der Waals surface area contributed by atoms with Crippen molar-refractivity contribution in [3.63, 3.8) is 0 Å². The predicted molar refractivity (Wildman–Crippen MR) is 160 cm³/mol. The van der Waals surface area contributed by atoms with Gasteiger partial charge in [0.05, 0.1) is 10.4 Å². The van der Waals surface area contributed by atoms with Gasteiger partial charge in [0, 0.05) is 44.3 Å². The maximum absolute atomic E-state index is 13.7. The number of hydrogen-bond donors (Lipinski definition) is 0. The van der Waals surface area contributed by atoms with Gasteiger partial charge in [-0.3, -0.25) is 9.59 Å². The SMILES string of the molecule is CCn1cc(C(=O)N2CCC(Cc3ccccc3)CC2)c(=O)c2cc(S(=O)(=O)N3CCc4ccccc4C3)ccc21. The van der Waals surface area contributed by atoms with E-state index in [1.54, 1.807) is 23.2 Å². The van der Waals surface area contributed by atoms with Crippen LogP contribution in [0.25, 0.3) is 10.9 Å². The van der Waals surface area contributed by atoms with E-state index < -0.39 is 15.5 Å². The number of aromatic nitrogens is 1. The second kappa shape index (κ2) is 11.3. The summed E-state index contributed by atoms with van der Waals surface area (Å²) in [6.07, 6.45) is 5.04. The number of rotatable bonds is 6. The number of carbonyl (C=O) groups excluding carboxylic acids is 1. The first-order chi connectivity index (χ1) is 19.8.